The molecule has 1 aliphatic rings. The first-order valence-electron chi connectivity index (χ1n) is 7.65. The fourth-order valence-corrected chi connectivity index (χ4v) is 3.15. The first kappa shape index (κ1) is 17.2. The Hall–Kier alpha value is -1.14. The van der Waals surface area contributed by atoms with Crippen LogP contribution in [0, 0.1) is 5.92 Å². The molecule has 1 aromatic rings. The third kappa shape index (κ3) is 4.95. The molecule has 1 fully saturated rings. The van der Waals surface area contributed by atoms with E-state index in [0.29, 0.717) is 28.1 Å². The summed E-state index contributed by atoms with van der Waals surface area (Å²) in [4.78, 5) is 14.8. The normalized spacial score (nSPS) is 16.3. The second-order valence-electron chi connectivity index (χ2n) is 5.45. The van der Waals surface area contributed by atoms with Crippen molar-refractivity contribution in [2.24, 2.45) is 5.92 Å². The molecule has 0 aliphatic carbocycles. The van der Waals surface area contributed by atoms with E-state index >= 15 is 0 Å². The third-order valence-corrected chi connectivity index (χ3v) is 4.63. The molecule has 22 heavy (non-hydrogen) atoms. The Morgan fingerprint density at radius 3 is 2.50 bits per heavy atom. The summed E-state index contributed by atoms with van der Waals surface area (Å²) in [6, 6.07) is 6.44. The smallest absolute Gasteiger partial charge is 0.288 e. The molecule has 122 valence electrons. The number of amides is 1. The van der Waals surface area contributed by atoms with Crippen molar-refractivity contribution in [1.29, 1.82) is 0 Å². The number of nitrogens with one attached hydrogen (secondary N) is 1. The summed E-state index contributed by atoms with van der Waals surface area (Å²) in [5, 5.41) is 3.35. The van der Waals surface area contributed by atoms with Crippen LogP contribution in [0.1, 0.15) is 30.1 Å². The molecule has 0 unspecified atom stereocenters. The van der Waals surface area contributed by atoms with Gasteiger partial charge in [-0.2, -0.15) is 8.78 Å². The third-order valence-electron chi connectivity index (χ3n) is 3.91. The molecule has 0 aromatic heterocycles. The maximum Gasteiger partial charge on any atom is 0.288 e. The van der Waals surface area contributed by atoms with E-state index in [1.807, 2.05) is 4.90 Å². The maximum atomic E-state index is 12.4. The van der Waals surface area contributed by atoms with Crippen molar-refractivity contribution in [2.75, 3.05) is 26.2 Å². The number of thioether (sulfide) groups is 1. The predicted octanol–water partition coefficient (Wildman–Crippen LogP) is 3.46. The summed E-state index contributed by atoms with van der Waals surface area (Å²) in [5.41, 5.74) is 0.573. The lowest BCUT2D eigenvalue weighted by Gasteiger charge is -2.32. The lowest BCUT2D eigenvalue weighted by atomic mass is 9.96. The molecule has 1 saturated heterocycles. The van der Waals surface area contributed by atoms with E-state index in [2.05, 4.69) is 12.2 Å². The van der Waals surface area contributed by atoms with Gasteiger partial charge in [0.2, 0.25) is 0 Å². The lowest BCUT2D eigenvalue weighted by molar-refractivity contribution is 0.0690. The highest BCUT2D eigenvalue weighted by molar-refractivity contribution is 7.99. The topological polar surface area (TPSA) is 32.3 Å². The molecule has 0 atom stereocenters. The number of carbonyl (C=O) groups excluding carboxylic acids is 1. The Kier molecular flexibility index (Phi) is 6.64. The number of halogens is 2. The van der Waals surface area contributed by atoms with Crippen LogP contribution in [0.15, 0.2) is 29.2 Å². The van der Waals surface area contributed by atoms with Crippen molar-refractivity contribution in [3.63, 3.8) is 0 Å². The van der Waals surface area contributed by atoms with Gasteiger partial charge in [-0.1, -0.05) is 18.7 Å². The number of piperidine rings is 1. The Labute approximate surface area is 134 Å². The van der Waals surface area contributed by atoms with Crippen LogP contribution in [-0.4, -0.2) is 42.7 Å². The van der Waals surface area contributed by atoms with Crippen LogP contribution in [0.2, 0.25) is 0 Å². The Bertz CT molecular complexity index is 474. The second kappa shape index (κ2) is 8.48. The fraction of sp³-hybridized carbons (Fsp3) is 0.562. The highest BCUT2D eigenvalue weighted by Crippen LogP contribution is 2.26. The summed E-state index contributed by atoms with van der Waals surface area (Å²) in [6.07, 6.45) is 2.02. The second-order valence-corrected chi connectivity index (χ2v) is 6.51. The van der Waals surface area contributed by atoms with Crippen molar-refractivity contribution in [3.8, 4) is 0 Å². The van der Waals surface area contributed by atoms with Gasteiger partial charge in [0.1, 0.15) is 0 Å². The van der Waals surface area contributed by atoms with Crippen LogP contribution in [0.5, 0.6) is 0 Å². The van der Waals surface area contributed by atoms with Crippen molar-refractivity contribution < 1.29 is 13.6 Å². The minimum Gasteiger partial charge on any atom is -0.339 e. The molecule has 2 rings (SSSR count). The summed E-state index contributed by atoms with van der Waals surface area (Å²) in [5.74, 6) is -1.80. The van der Waals surface area contributed by atoms with Gasteiger partial charge < -0.3 is 10.2 Å². The number of likely N-dealkylation sites (tertiary alicyclic amines) is 1. The number of nitrogens with zero attached hydrogens (tertiary/aromatic N) is 1. The fourth-order valence-electron chi connectivity index (χ4n) is 2.65. The van der Waals surface area contributed by atoms with Crippen LogP contribution < -0.4 is 5.32 Å². The van der Waals surface area contributed by atoms with E-state index < -0.39 is 5.76 Å². The van der Waals surface area contributed by atoms with Crippen LogP contribution in [0.4, 0.5) is 8.78 Å². The van der Waals surface area contributed by atoms with Crippen LogP contribution in [0.3, 0.4) is 0 Å². The van der Waals surface area contributed by atoms with Gasteiger partial charge in [-0.25, -0.2) is 0 Å². The minimum atomic E-state index is -2.43. The van der Waals surface area contributed by atoms with Gasteiger partial charge in [-0.15, -0.1) is 0 Å². The summed E-state index contributed by atoms with van der Waals surface area (Å²) in [7, 11) is 0. The molecule has 1 aliphatic heterocycles. The van der Waals surface area contributed by atoms with Gasteiger partial charge >= 0.3 is 0 Å². The SMILES string of the molecule is CCNCC1CCN(C(=O)c2ccc(SC(F)F)cc2)CC1. The van der Waals surface area contributed by atoms with Gasteiger partial charge in [0.05, 0.1) is 0 Å². The van der Waals surface area contributed by atoms with Gasteiger partial charge in [0.25, 0.3) is 11.7 Å². The van der Waals surface area contributed by atoms with Gasteiger partial charge in [0.15, 0.2) is 0 Å². The first-order chi connectivity index (χ1) is 10.6. The van der Waals surface area contributed by atoms with Gasteiger partial charge in [-0.05, 0) is 56.1 Å². The van der Waals surface area contributed by atoms with Crippen molar-refractivity contribution >= 4 is 17.7 Å². The standard InChI is InChI=1S/C16H22F2N2OS/c1-2-19-11-12-7-9-20(10-8-12)15(21)13-3-5-14(6-4-13)22-16(17)18/h3-6,12,16,19H,2,7-11H2,1H3. The summed E-state index contributed by atoms with van der Waals surface area (Å²) in [6.45, 7) is 5.61. The molecular formula is C16H22F2N2OS. The number of benzene rings is 1. The Morgan fingerprint density at radius 1 is 1.32 bits per heavy atom. The quantitative estimate of drug-likeness (QED) is 0.812. The van der Waals surface area contributed by atoms with Gasteiger partial charge in [-0.3, -0.25) is 4.79 Å². The molecular weight excluding hydrogens is 306 g/mol. The maximum absolute atomic E-state index is 12.4. The zero-order valence-corrected chi connectivity index (χ0v) is 13.5. The molecule has 6 heteroatoms. The highest BCUT2D eigenvalue weighted by atomic mass is 32.2. The largest absolute Gasteiger partial charge is 0.339 e. The molecule has 0 bridgehead atoms. The average Bonchev–Trinajstić information content (AvgIpc) is 2.53. The van der Waals surface area contributed by atoms with Crippen LogP contribution in [0.25, 0.3) is 0 Å². The number of rotatable bonds is 6. The molecule has 1 N–H and O–H groups in total. The predicted molar refractivity (Wildman–Crippen MR) is 85.5 cm³/mol. The Balaban J connectivity index is 1.87. The van der Waals surface area contributed by atoms with E-state index in [0.717, 1.165) is 39.0 Å². The lowest BCUT2D eigenvalue weighted by Crippen LogP contribution is -2.40. The zero-order chi connectivity index (χ0) is 15.9. The van der Waals surface area contributed by atoms with E-state index in [4.69, 9.17) is 0 Å². The molecule has 0 saturated carbocycles. The zero-order valence-electron chi connectivity index (χ0n) is 12.7. The number of hydrogen-bond donors (Lipinski definition) is 1. The summed E-state index contributed by atoms with van der Waals surface area (Å²) >= 11 is 0.497. The molecule has 0 radical (unpaired) electrons. The monoisotopic (exact) mass is 328 g/mol. The molecule has 3 nitrogen and oxygen atoms in total. The average molecular weight is 328 g/mol. The van der Waals surface area contributed by atoms with E-state index in [1.54, 1.807) is 24.3 Å². The van der Waals surface area contributed by atoms with E-state index in [1.165, 1.54) is 0 Å². The molecule has 1 heterocycles. The minimum absolute atomic E-state index is 0.00417. The van der Waals surface area contributed by atoms with Crippen molar-refractivity contribution in [3.05, 3.63) is 29.8 Å². The molecule has 1 amide bonds. The number of alkyl halides is 2. The van der Waals surface area contributed by atoms with Crippen LogP contribution in [-0.2, 0) is 0 Å². The summed E-state index contributed by atoms with van der Waals surface area (Å²) < 4.78 is 24.6. The molecule has 0 spiro atoms. The van der Waals surface area contributed by atoms with Crippen LogP contribution >= 0.6 is 11.8 Å². The number of carbonyl (C=O) groups is 1. The molecule has 1 aromatic carbocycles. The Morgan fingerprint density at radius 2 is 1.95 bits per heavy atom. The highest BCUT2D eigenvalue weighted by Gasteiger charge is 2.23. The van der Waals surface area contributed by atoms with E-state index in [9.17, 15) is 13.6 Å². The van der Waals surface area contributed by atoms with E-state index in [-0.39, 0.29) is 5.91 Å². The number of hydrogen-bond acceptors (Lipinski definition) is 3. The van der Waals surface area contributed by atoms with Crippen molar-refractivity contribution in [1.82, 2.24) is 10.2 Å². The first-order valence-corrected chi connectivity index (χ1v) is 8.53. The van der Waals surface area contributed by atoms with Crippen molar-refractivity contribution in [2.45, 2.75) is 30.4 Å². The van der Waals surface area contributed by atoms with Gasteiger partial charge in [0, 0.05) is 23.5 Å².